The fourth-order valence-electron chi connectivity index (χ4n) is 1.38. The molecular formula is C11H23N3O5S. The van der Waals surface area contributed by atoms with E-state index in [1.807, 2.05) is 13.8 Å². The minimum atomic E-state index is -3.38. The maximum atomic E-state index is 11.5. The lowest BCUT2D eigenvalue weighted by atomic mass is 10.0. The molecule has 8 nitrogen and oxygen atoms in total. The summed E-state index contributed by atoms with van der Waals surface area (Å²) in [6, 6.07) is -1.67. The lowest BCUT2D eigenvalue weighted by Crippen LogP contribution is -2.47. The Labute approximate surface area is 119 Å². The fraction of sp³-hybridized carbons (Fsp3) is 0.818. The molecule has 0 saturated heterocycles. The summed E-state index contributed by atoms with van der Waals surface area (Å²) in [5.41, 5.74) is 0. The zero-order chi connectivity index (χ0) is 15.9. The van der Waals surface area contributed by atoms with Gasteiger partial charge in [-0.3, -0.25) is 0 Å². The van der Waals surface area contributed by atoms with E-state index in [2.05, 4.69) is 10.6 Å². The van der Waals surface area contributed by atoms with Crippen LogP contribution in [0.1, 0.15) is 20.3 Å². The van der Waals surface area contributed by atoms with Crippen molar-refractivity contribution in [2.45, 2.75) is 26.3 Å². The van der Waals surface area contributed by atoms with Crippen LogP contribution in [0.4, 0.5) is 4.79 Å². The highest BCUT2D eigenvalue weighted by atomic mass is 32.2. The average molecular weight is 309 g/mol. The van der Waals surface area contributed by atoms with Crippen molar-refractivity contribution in [1.82, 2.24) is 14.9 Å². The fourth-order valence-corrected chi connectivity index (χ4v) is 2.10. The van der Waals surface area contributed by atoms with E-state index < -0.39 is 28.1 Å². The van der Waals surface area contributed by atoms with Crippen LogP contribution >= 0.6 is 0 Å². The summed E-state index contributed by atoms with van der Waals surface area (Å²) >= 11 is 0. The molecular weight excluding hydrogens is 286 g/mol. The van der Waals surface area contributed by atoms with Crippen LogP contribution in [0.2, 0.25) is 0 Å². The number of nitrogens with zero attached hydrogens (tertiary/aromatic N) is 1. The number of hydrogen-bond donors (Lipinski definition) is 3. The van der Waals surface area contributed by atoms with Gasteiger partial charge in [-0.1, -0.05) is 13.8 Å². The van der Waals surface area contributed by atoms with Gasteiger partial charge in [0.25, 0.3) is 0 Å². The van der Waals surface area contributed by atoms with Crippen LogP contribution in [-0.2, 0) is 14.8 Å². The first-order valence-electron chi connectivity index (χ1n) is 6.23. The molecule has 0 radical (unpaired) electrons. The predicted octanol–water partition coefficient (Wildman–Crippen LogP) is -0.324. The van der Waals surface area contributed by atoms with Gasteiger partial charge in [0.05, 0.1) is 5.75 Å². The number of aliphatic carboxylic acids is 1. The molecule has 0 heterocycles. The maximum Gasteiger partial charge on any atom is 0.326 e. The van der Waals surface area contributed by atoms with Crippen LogP contribution < -0.4 is 10.6 Å². The molecule has 1 atom stereocenters. The van der Waals surface area contributed by atoms with Crippen molar-refractivity contribution in [3.8, 4) is 0 Å². The molecule has 0 aliphatic rings. The third kappa shape index (κ3) is 7.29. The molecule has 0 spiro atoms. The minimum absolute atomic E-state index is 0.0830. The van der Waals surface area contributed by atoms with Crippen LogP contribution in [0, 0.1) is 5.92 Å². The van der Waals surface area contributed by atoms with E-state index >= 15 is 0 Å². The van der Waals surface area contributed by atoms with E-state index in [1.165, 1.54) is 14.1 Å². The van der Waals surface area contributed by atoms with Gasteiger partial charge in [-0.25, -0.2) is 22.3 Å². The number of carboxylic acid groups (broad SMARTS) is 1. The smallest absolute Gasteiger partial charge is 0.326 e. The Hall–Kier alpha value is -1.35. The first-order chi connectivity index (χ1) is 9.06. The van der Waals surface area contributed by atoms with E-state index in [4.69, 9.17) is 5.11 Å². The summed E-state index contributed by atoms with van der Waals surface area (Å²) in [6.07, 6.45) is 0.304. The normalized spacial score (nSPS) is 13.3. The molecule has 0 rings (SSSR count). The SMILES string of the molecule is CC(C)CC(NC(=O)NCCS(=O)(=O)N(C)C)C(=O)O. The van der Waals surface area contributed by atoms with E-state index in [0.717, 1.165) is 4.31 Å². The molecule has 0 bridgehead atoms. The van der Waals surface area contributed by atoms with Gasteiger partial charge in [0, 0.05) is 20.6 Å². The predicted molar refractivity (Wildman–Crippen MR) is 74.9 cm³/mol. The molecule has 0 fully saturated rings. The van der Waals surface area contributed by atoms with Crippen LogP contribution in [-0.4, -0.2) is 62.3 Å². The Kier molecular flexibility index (Phi) is 7.51. The molecule has 0 aromatic carbocycles. The van der Waals surface area contributed by atoms with Crippen molar-refractivity contribution < 1.29 is 23.1 Å². The van der Waals surface area contributed by atoms with Crippen molar-refractivity contribution in [2.24, 2.45) is 5.92 Å². The van der Waals surface area contributed by atoms with Gasteiger partial charge < -0.3 is 15.7 Å². The van der Waals surface area contributed by atoms with Crippen molar-refractivity contribution in [2.75, 3.05) is 26.4 Å². The van der Waals surface area contributed by atoms with Gasteiger partial charge in [-0.2, -0.15) is 0 Å². The highest BCUT2D eigenvalue weighted by Gasteiger charge is 2.21. The lowest BCUT2D eigenvalue weighted by Gasteiger charge is -2.17. The highest BCUT2D eigenvalue weighted by molar-refractivity contribution is 7.89. The highest BCUT2D eigenvalue weighted by Crippen LogP contribution is 2.04. The van der Waals surface area contributed by atoms with Gasteiger partial charge in [-0.15, -0.1) is 0 Å². The first-order valence-corrected chi connectivity index (χ1v) is 7.84. The topological polar surface area (TPSA) is 116 Å². The average Bonchev–Trinajstić information content (AvgIpc) is 2.26. The third-order valence-electron chi connectivity index (χ3n) is 2.51. The van der Waals surface area contributed by atoms with E-state index in [9.17, 15) is 18.0 Å². The number of amides is 2. The van der Waals surface area contributed by atoms with Crippen LogP contribution in [0.5, 0.6) is 0 Å². The summed E-state index contributed by atoms with van der Waals surface area (Å²) < 4.78 is 24.0. The molecule has 20 heavy (non-hydrogen) atoms. The Balaban J connectivity index is 4.25. The van der Waals surface area contributed by atoms with Crippen molar-refractivity contribution in [3.63, 3.8) is 0 Å². The summed E-state index contributed by atoms with van der Waals surface area (Å²) in [7, 11) is -0.581. The largest absolute Gasteiger partial charge is 0.480 e. The minimum Gasteiger partial charge on any atom is -0.480 e. The zero-order valence-corrected chi connectivity index (χ0v) is 13.0. The maximum absolute atomic E-state index is 11.5. The van der Waals surface area contributed by atoms with E-state index in [-0.39, 0.29) is 18.2 Å². The van der Waals surface area contributed by atoms with Crippen molar-refractivity contribution in [3.05, 3.63) is 0 Å². The number of carbonyl (C=O) groups is 2. The molecule has 2 amide bonds. The van der Waals surface area contributed by atoms with Crippen LogP contribution in [0.15, 0.2) is 0 Å². The number of nitrogens with one attached hydrogen (secondary N) is 2. The summed E-state index contributed by atoms with van der Waals surface area (Å²) in [6.45, 7) is 3.61. The molecule has 0 aliphatic heterocycles. The van der Waals surface area contributed by atoms with Gasteiger partial charge in [0.1, 0.15) is 6.04 Å². The molecule has 0 saturated carbocycles. The lowest BCUT2D eigenvalue weighted by molar-refractivity contribution is -0.139. The first kappa shape index (κ1) is 18.7. The quantitative estimate of drug-likeness (QED) is 0.568. The summed E-state index contributed by atoms with van der Waals surface area (Å²) in [4.78, 5) is 22.4. The third-order valence-corrected chi connectivity index (χ3v) is 4.35. The number of carbonyl (C=O) groups excluding carboxylic acids is 1. The number of rotatable bonds is 8. The number of hydrogen-bond acceptors (Lipinski definition) is 4. The molecule has 0 aliphatic carbocycles. The summed E-state index contributed by atoms with van der Waals surface area (Å²) in [5, 5.41) is 13.6. The van der Waals surface area contributed by atoms with E-state index in [0.29, 0.717) is 6.42 Å². The number of sulfonamides is 1. The number of urea groups is 1. The van der Waals surface area contributed by atoms with Crippen molar-refractivity contribution >= 4 is 22.0 Å². The standard InChI is InChI=1S/C11H23N3O5S/c1-8(2)7-9(10(15)16)13-11(17)12-5-6-20(18,19)14(3)4/h8-9H,5-7H2,1-4H3,(H,15,16)(H2,12,13,17). The molecule has 1 unspecified atom stereocenters. The van der Waals surface area contributed by atoms with Gasteiger partial charge in [-0.05, 0) is 12.3 Å². The van der Waals surface area contributed by atoms with Gasteiger partial charge in [0.15, 0.2) is 0 Å². The molecule has 118 valence electrons. The van der Waals surface area contributed by atoms with Crippen molar-refractivity contribution in [1.29, 1.82) is 0 Å². The monoisotopic (exact) mass is 309 g/mol. The van der Waals surface area contributed by atoms with Crippen LogP contribution in [0.25, 0.3) is 0 Å². The Bertz CT molecular complexity index is 433. The van der Waals surface area contributed by atoms with Crippen LogP contribution in [0.3, 0.4) is 0 Å². The molecule has 0 aromatic heterocycles. The summed E-state index contributed by atoms with van der Waals surface area (Å²) in [5.74, 6) is -1.24. The second-order valence-electron chi connectivity index (χ2n) is 5.02. The second-order valence-corrected chi connectivity index (χ2v) is 7.32. The molecule has 3 N–H and O–H groups in total. The van der Waals surface area contributed by atoms with Gasteiger partial charge in [0.2, 0.25) is 10.0 Å². The Morgan fingerprint density at radius 1 is 1.25 bits per heavy atom. The van der Waals surface area contributed by atoms with E-state index in [1.54, 1.807) is 0 Å². The Morgan fingerprint density at radius 2 is 1.80 bits per heavy atom. The second kappa shape index (κ2) is 8.05. The van der Waals surface area contributed by atoms with Gasteiger partial charge >= 0.3 is 12.0 Å². The molecule has 9 heteroatoms. The number of carboxylic acids is 1. The molecule has 0 aromatic rings. The zero-order valence-electron chi connectivity index (χ0n) is 12.2. The Morgan fingerprint density at radius 3 is 2.20 bits per heavy atom.